The van der Waals surface area contributed by atoms with Gasteiger partial charge in [-0.2, -0.15) is 5.10 Å². The van der Waals surface area contributed by atoms with E-state index < -0.39 is 0 Å². The SMILES string of the molecule is O=C(Nc1ccc2[nH]ncc2c1)c1cccc(NC(=O)c2ccc(Br)cn2)c1. The van der Waals surface area contributed by atoms with Gasteiger partial charge in [-0.05, 0) is 64.5 Å². The van der Waals surface area contributed by atoms with E-state index in [4.69, 9.17) is 0 Å². The average Bonchev–Trinajstić information content (AvgIpc) is 3.16. The van der Waals surface area contributed by atoms with Crippen LogP contribution in [0.3, 0.4) is 0 Å². The minimum atomic E-state index is -0.351. The molecule has 138 valence electrons. The number of anilines is 2. The molecule has 2 amide bonds. The van der Waals surface area contributed by atoms with Gasteiger partial charge in [0.15, 0.2) is 0 Å². The van der Waals surface area contributed by atoms with Crippen LogP contribution in [-0.2, 0) is 0 Å². The van der Waals surface area contributed by atoms with Crippen molar-refractivity contribution in [2.45, 2.75) is 0 Å². The molecule has 0 radical (unpaired) electrons. The number of nitrogens with zero attached hydrogens (tertiary/aromatic N) is 2. The van der Waals surface area contributed by atoms with E-state index in [1.165, 1.54) is 0 Å². The first-order chi connectivity index (χ1) is 13.6. The molecule has 0 unspecified atom stereocenters. The molecule has 4 aromatic rings. The Morgan fingerprint density at radius 1 is 0.893 bits per heavy atom. The number of H-pyrrole nitrogens is 1. The topological polar surface area (TPSA) is 99.8 Å². The van der Waals surface area contributed by atoms with Crippen molar-refractivity contribution in [2.24, 2.45) is 0 Å². The lowest BCUT2D eigenvalue weighted by Crippen LogP contribution is -2.15. The third-order valence-corrected chi connectivity index (χ3v) is 4.51. The van der Waals surface area contributed by atoms with Crippen molar-refractivity contribution in [3.05, 3.63) is 82.7 Å². The van der Waals surface area contributed by atoms with Crippen LogP contribution in [0.2, 0.25) is 0 Å². The standard InChI is InChI=1S/C20H14BrN5O2/c21-14-4-6-18(22-11-14)20(28)25-15-3-1-2-12(8-15)19(27)24-16-5-7-17-13(9-16)10-23-26-17/h1-11H,(H,23,26)(H,24,27)(H,25,28). The van der Waals surface area contributed by atoms with E-state index in [1.54, 1.807) is 54.9 Å². The lowest BCUT2D eigenvalue weighted by atomic mass is 10.1. The number of carbonyl (C=O) groups excluding carboxylic acids is 2. The second-order valence-electron chi connectivity index (χ2n) is 6.02. The summed E-state index contributed by atoms with van der Waals surface area (Å²) < 4.78 is 0.788. The molecule has 8 heteroatoms. The lowest BCUT2D eigenvalue weighted by Gasteiger charge is -2.08. The van der Waals surface area contributed by atoms with Gasteiger partial charge in [-0.25, -0.2) is 4.98 Å². The Bertz CT molecular complexity index is 1170. The largest absolute Gasteiger partial charge is 0.322 e. The van der Waals surface area contributed by atoms with Crippen molar-refractivity contribution in [1.82, 2.24) is 15.2 Å². The molecule has 0 spiro atoms. The molecule has 0 aliphatic carbocycles. The van der Waals surface area contributed by atoms with Crippen LogP contribution in [0.4, 0.5) is 11.4 Å². The molecular weight excluding hydrogens is 422 g/mol. The fourth-order valence-electron chi connectivity index (χ4n) is 2.67. The van der Waals surface area contributed by atoms with Gasteiger partial charge in [0, 0.05) is 33.0 Å². The average molecular weight is 436 g/mol. The maximum Gasteiger partial charge on any atom is 0.274 e. The summed E-state index contributed by atoms with van der Waals surface area (Å²) in [6.07, 6.45) is 3.24. The van der Waals surface area contributed by atoms with Crippen molar-refractivity contribution in [2.75, 3.05) is 10.6 Å². The van der Waals surface area contributed by atoms with E-state index in [2.05, 4.69) is 41.7 Å². The predicted molar refractivity (Wildman–Crippen MR) is 110 cm³/mol. The molecule has 2 heterocycles. The number of aromatic amines is 1. The molecule has 0 saturated heterocycles. The van der Waals surface area contributed by atoms with E-state index in [1.807, 2.05) is 12.1 Å². The van der Waals surface area contributed by atoms with Crippen LogP contribution in [0.25, 0.3) is 10.9 Å². The number of hydrogen-bond donors (Lipinski definition) is 3. The minimum absolute atomic E-state index is 0.277. The summed E-state index contributed by atoms with van der Waals surface area (Å²) in [5, 5.41) is 13.3. The molecule has 4 rings (SSSR count). The monoisotopic (exact) mass is 435 g/mol. The molecule has 0 aliphatic heterocycles. The number of amides is 2. The maximum absolute atomic E-state index is 12.6. The molecule has 3 N–H and O–H groups in total. The Labute approximate surface area is 168 Å². The summed E-state index contributed by atoms with van der Waals surface area (Å²) in [7, 11) is 0. The molecule has 7 nitrogen and oxygen atoms in total. The molecule has 28 heavy (non-hydrogen) atoms. The Balaban J connectivity index is 1.48. The van der Waals surface area contributed by atoms with Crippen molar-refractivity contribution in [1.29, 1.82) is 0 Å². The van der Waals surface area contributed by atoms with Gasteiger partial charge in [0.05, 0.1) is 11.7 Å². The lowest BCUT2D eigenvalue weighted by molar-refractivity contribution is 0.101. The van der Waals surface area contributed by atoms with Crippen LogP contribution in [0, 0.1) is 0 Å². The highest BCUT2D eigenvalue weighted by atomic mass is 79.9. The van der Waals surface area contributed by atoms with Crippen molar-refractivity contribution in [3.63, 3.8) is 0 Å². The highest BCUT2D eigenvalue weighted by molar-refractivity contribution is 9.10. The van der Waals surface area contributed by atoms with Crippen LogP contribution >= 0.6 is 15.9 Å². The summed E-state index contributed by atoms with van der Waals surface area (Å²) in [5.74, 6) is -0.629. The van der Waals surface area contributed by atoms with E-state index in [0.29, 0.717) is 16.9 Å². The van der Waals surface area contributed by atoms with Crippen LogP contribution in [0.15, 0.2) is 71.5 Å². The van der Waals surface area contributed by atoms with E-state index in [0.717, 1.165) is 15.4 Å². The summed E-state index contributed by atoms with van der Waals surface area (Å²) in [4.78, 5) is 28.9. The van der Waals surface area contributed by atoms with Crippen LogP contribution < -0.4 is 10.6 Å². The summed E-state index contributed by atoms with van der Waals surface area (Å²) in [5.41, 5.74) is 2.77. The van der Waals surface area contributed by atoms with Crippen LogP contribution in [0.5, 0.6) is 0 Å². The second kappa shape index (κ2) is 7.61. The molecule has 2 aromatic heterocycles. The highest BCUT2D eigenvalue weighted by Gasteiger charge is 2.11. The quantitative estimate of drug-likeness (QED) is 0.446. The number of benzene rings is 2. The van der Waals surface area contributed by atoms with Crippen LogP contribution in [0.1, 0.15) is 20.8 Å². The first-order valence-electron chi connectivity index (χ1n) is 8.36. The fraction of sp³-hybridized carbons (Fsp3) is 0. The Morgan fingerprint density at radius 3 is 2.54 bits per heavy atom. The van der Waals surface area contributed by atoms with E-state index in [-0.39, 0.29) is 17.5 Å². The normalized spacial score (nSPS) is 10.6. The van der Waals surface area contributed by atoms with Crippen molar-refractivity contribution < 1.29 is 9.59 Å². The summed E-state index contributed by atoms with van der Waals surface area (Å²) in [6, 6.07) is 15.5. The predicted octanol–water partition coefficient (Wildman–Crippen LogP) is 4.23. The number of fused-ring (bicyclic) bond motifs is 1. The molecule has 0 bridgehead atoms. The zero-order valence-corrected chi connectivity index (χ0v) is 16.0. The molecule has 0 aliphatic rings. The summed E-state index contributed by atoms with van der Waals surface area (Å²) >= 11 is 3.28. The number of halogens is 1. The van der Waals surface area contributed by atoms with Gasteiger partial charge in [0.2, 0.25) is 0 Å². The zero-order valence-electron chi connectivity index (χ0n) is 14.4. The first-order valence-corrected chi connectivity index (χ1v) is 9.15. The summed E-state index contributed by atoms with van der Waals surface area (Å²) in [6.45, 7) is 0. The van der Waals surface area contributed by atoms with E-state index >= 15 is 0 Å². The van der Waals surface area contributed by atoms with Gasteiger partial charge in [0.1, 0.15) is 5.69 Å². The Kier molecular flexibility index (Phi) is 4.86. The smallest absolute Gasteiger partial charge is 0.274 e. The number of pyridine rings is 1. The van der Waals surface area contributed by atoms with E-state index in [9.17, 15) is 9.59 Å². The van der Waals surface area contributed by atoms with Gasteiger partial charge < -0.3 is 10.6 Å². The third-order valence-electron chi connectivity index (χ3n) is 4.04. The highest BCUT2D eigenvalue weighted by Crippen LogP contribution is 2.19. The van der Waals surface area contributed by atoms with Gasteiger partial charge in [-0.1, -0.05) is 6.07 Å². The molecule has 0 atom stereocenters. The number of carbonyl (C=O) groups is 2. The molecule has 0 saturated carbocycles. The van der Waals surface area contributed by atoms with Crippen LogP contribution in [-0.4, -0.2) is 27.0 Å². The molecule has 2 aromatic carbocycles. The van der Waals surface area contributed by atoms with Gasteiger partial charge in [0.25, 0.3) is 11.8 Å². The maximum atomic E-state index is 12.6. The first kappa shape index (κ1) is 17.9. The van der Waals surface area contributed by atoms with Gasteiger partial charge in [-0.15, -0.1) is 0 Å². The third kappa shape index (κ3) is 3.91. The second-order valence-corrected chi connectivity index (χ2v) is 6.94. The number of aromatic nitrogens is 3. The number of hydrogen-bond acceptors (Lipinski definition) is 4. The number of nitrogens with one attached hydrogen (secondary N) is 3. The fourth-order valence-corrected chi connectivity index (χ4v) is 2.90. The van der Waals surface area contributed by atoms with Gasteiger partial charge >= 0.3 is 0 Å². The molecule has 0 fully saturated rings. The Hall–Kier alpha value is -3.52. The minimum Gasteiger partial charge on any atom is -0.322 e. The van der Waals surface area contributed by atoms with Crippen molar-refractivity contribution in [3.8, 4) is 0 Å². The molecular formula is C20H14BrN5O2. The number of rotatable bonds is 4. The zero-order chi connectivity index (χ0) is 19.5. The Morgan fingerprint density at radius 2 is 1.71 bits per heavy atom. The van der Waals surface area contributed by atoms with Crippen molar-refractivity contribution >= 4 is 50.0 Å². The van der Waals surface area contributed by atoms with Gasteiger partial charge in [-0.3, -0.25) is 14.7 Å².